The summed E-state index contributed by atoms with van der Waals surface area (Å²) >= 11 is 3.30. The number of carbonyl (C=O) groups is 1. The van der Waals surface area contributed by atoms with Crippen molar-refractivity contribution in [2.75, 3.05) is 6.54 Å². The maximum atomic E-state index is 12.1. The molecule has 1 saturated carbocycles. The molecule has 1 aliphatic rings. The van der Waals surface area contributed by atoms with Gasteiger partial charge in [0, 0.05) is 23.3 Å². The smallest absolute Gasteiger partial charge is 0.272 e. The molecule has 0 atom stereocenters. The molecule has 1 aromatic heterocycles. The number of amides is 1. The zero-order valence-corrected chi connectivity index (χ0v) is 10.5. The molecule has 0 bridgehead atoms. The second-order valence-corrected chi connectivity index (χ2v) is 4.75. The van der Waals surface area contributed by atoms with Crippen molar-refractivity contribution in [3.63, 3.8) is 0 Å². The van der Waals surface area contributed by atoms with E-state index in [1.54, 1.807) is 18.3 Å². The standard InChI is InChI=1S/C12H13BrN2O/c1-2-7-15(10-4-5-10)12(16)11-6-3-9(13)8-14-11/h2-3,6,8,10H,1,4-5,7H2. The van der Waals surface area contributed by atoms with E-state index >= 15 is 0 Å². The highest BCUT2D eigenvalue weighted by atomic mass is 79.9. The van der Waals surface area contributed by atoms with Gasteiger partial charge in [0.2, 0.25) is 0 Å². The van der Waals surface area contributed by atoms with Gasteiger partial charge in [0.15, 0.2) is 0 Å². The molecule has 1 fully saturated rings. The van der Waals surface area contributed by atoms with Crippen LogP contribution in [0.15, 0.2) is 35.5 Å². The molecule has 0 unspecified atom stereocenters. The predicted molar refractivity (Wildman–Crippen MR) is 66.2 cm³/mol. The maximum absolute atomic E-state index is 12.1. The van der Waals surface area contributed by atoms with Gasteiger partial charge < -0.3 is 4.90 Å². The highest BCUT2D eigenvalue weighted by Gasteiger charge is 2.32. The van der Waals surface area contributed by atoms with Crippen LogP contribution in [-0.4, -0.2) is 28.4 Å². The van der Waals surface area contributed by atoms with Crippen molar-refractivity contribution >= 4 is 21.8 Å². The molecule has 1 heterocycles. The van der Waals surface area contributed by atoms with E-state index in [0.717, 1.165) is 17.3 Å². The lowest BCUT2D eigenvalue weighted by molar-refractivity contribution is 0.0757. The molecular formula is C12H13BrN2O. The van der Waals surface area contributed by atoms with E-state index in [2.05, 4.69) is 27.5 Å². The van der Waals surface area contributed by atoms with Crippen molar-refractivity contribution < 1.29 is 4.79 Å². The molecule has 1 aromatic rings. The molecule has 3 nitrogen and oxygen atoms in total. The van der Waals surface area contributed by atoms with Gasteiger partial charge in [-0.1, -0.05) is 6.08 Å². The Bertz CT molecular complexity index is 398. The normalized spacial score (nSPS) is 14.6. The summed E-state index contributed by atoms with van der Waals surface area (Å²) < 4.78 is 0.880. The fraction of sp³-hybridized carbons (Fsp3) is 0.333. The van der Waals surface area contributed by atoms with E-state index in [4.69, 9.17) is 0 Å². The Balaban J connectivity index is 2.15. The minimum absolute atomic E-state index is 0.00472. The Hall–Kier alpha value is -1.16. The van der Waals surface area contributed by atoms with Gasteiger partial charge in [0.1, 0.15) is 5.69 Å². The van der Waals surface area contributed by atoms with Crippen molar-refractivity contribution in [2.24, 2.45) is 0 Å². The fourth-order valence-electron chi connectivity index (χ4n) is 1.57. The monoisotopic (exact) mass is 280 g/mol. The first-order valence-corrected chi connectivity index (χ1v) is 6.05. The number of hydrogen-bond donors (Lipinski definition) is 0. The van der Waals surface area contributed by atoms with Crippen LogP contribution in [0.1, 0.15) is 23.3 Å². The van der Waals surface area contributed by atoms with E-state index in [0.29, 0.717) is 18.3 Å². The maximum Gasteiger partial charge on any atom is 0.272 e. The first-order chi connectivity index (χ1) is 7.72. The topological polar surface area (TPSA) is 33.2 Å². The van der Waals surface area contributed by atoms with E-state index in [1.807, 2.05) is 11.0 Å². The Morgan fingerprint density at radius 2 is 2.38 bits per heavy atom. The highest BCUT2D eigenvalue weighted by Crippen LogP contribution is 2.27. The highest BCUT2D eigenvalue weighted by molar-refractivity contribution is 9.10. The minimum atomic E-state index is -0.00472. The molecule has 0 spiro atoms. The summed E-state index contributed by atoms with van der Waals surface area (Å²) in [7, 11) is 0. The summed E-state index contributed by atoms with van der Waals surface area (Å²) in [5, 5.41) is 0. The van der Waals surface area contributed by atoms with Crippen molar-refractivity contribution in [1.29, 1.82) is 0 Å². The van der Waals surface area contributed by atoms with Gasteiger partial charge in [0.05, 0.1) is 0 Å². The number of nitrogens with zero attached hydrogens (tertiary/aromatic N) is 2. The molecule has 2 rings (SSSR count). The zero-order chi connectivity index (χ0) is 11.5. The lowest BCUT2D eigenvalue weighted by Gasteiger charge is -2.19. The van der Waals surface area contributed by atoms with Gasteiger partial charge in [-0.3, -0.25) is 4.79 Å². The Morgan fingerprint density at radius 3 is 2.88 bits per heavy atom. The fourth-order valence-corrected chi connectivity index (χ4v) is 1.81. The van der Waals surface area contributed by atoms with Crippen LogP contribution in [0.3, 0.4) is 0 Å². The van der Waals surface area contributed by atoms with Gasteiger partial charge in [-0.05, 0) is 40.9 Å². The summed E-state index contributed by atoms with van der Waals surface area (Å²) in [5.41, 5.74) is 0.497. The van der Waals surface area contributed by atoms with Crippen molar-refractivity contribution in [3.05, 3.63) is 41.2 Å². The minimum Gasteiger partial charge on any atom is -0.331 e. The van der Waals surface area contributed by atoms with Crippen LogP contribution < -0.4 is 0 Å². The van der Waals surface area contributed by atoms with E-state index < -0.39 is 0 Å². The summed E-state index contributed by atoms with van der Waals surface area (Å²) in [6, 6.07) is 3.96. The number of aromatic nitrogens is 1. The molecule has 1 amide bonds. The number of halogens is 1. The number of hydrogen-bond acceptors (Lipinski definition) is 2. The molecule has 0 saturated heterocycles. The molecule has 16 heavy (non-hydrogen) atoms. The first kappa shape index (κ1) is 11.3. The summed E-state index contributed by atoms with van der Waals surface area (Å²) in [4.78, 5) is 18.1. The Kier molecular flexibility index (Phi) is 3.39. The van der Waals surface area contributed by atoms with E-state index in [1.165, 1.54) is 0 Å². The van der Waals surface area contributed by atoms with Crippen molar-refractivity contribution in [2.45, 2.75) is 18.9 Å². The van der Waals surface area contributed by atoms with Crippen LogP contribution in [0.25, 0.3) is 0 Å². The van der Waals surface area contributed by atoms with Crippen LogP contribution in [0, 0.1) is 0 Å². The zero-order valence-electron chi connectivity index (χ0n) is 8.90. The number of pyridine rings is 1. The van der Waals surface area contributed by atoms with Crippen LogP contribution in [0.2, 0.25) is 0 Å². The largest absolute Gasteiger partial charge is 0.331 e. The molecule has 0 radical (unpaired) electrons. The number of carbonyl (C=O) groups excluding carboxylic acids is 1. The lowest BCUT2D eigenvalue weighted by Crippen LogP contribution is -2.33. The molecule has 4 heteroatoms. The van der Waals surface area contributed by atoms with E-state index in [9.17, 15) is 4.79 Å². The van der Waals surface area contributed by atoms with Gasteiger partial charge in [-0.2, -0.15) is 0 Å². The number of rotatable bonds is 4. The SMILES string of the molecule is C=CCN(C(=O)c1ccc(Br)cn1)C1CC1. The third-order valence-electron chi connectivity index (χ3n) is 2.52. The van der Waals surface area contributed by atoms with E-state index in [-0.39, 0.29) is 5.91 Å². The Morgan fingerprint density at radius 1 is 1.62 bits per heavy atom. The molecule has 0 aliphatic heterocycles. The van der Waals surface area contributed by atoms with Gasteiger partial charge in [-0.25, -0.2) is 4.98 Å². The summed E-state index contributed by atoms with van der Waals surface area (Å²) in [5.74, 6) is -0.00472. The quantitative estimate of drug-likeness (QED) is 0.795. The average molecular weight is 281 g/mol. The average Bonchev–Trinajstić information content (AvgIpc) is 3.10. The summed E-state index contributed by atoms with van der Waals surface area (Å²) in [6.07, 6.45) is 5.59. The first-order valence-electron chi connectivity index (χ1n) is 5.26. The van der Waals surface area contributed by atoms with Crippen LogP contribution in [-0.2, 0) is 0 Å². The molecule has 84 valence electrons. The third-order valence-corrected chi connectivity index (χ3v) is 2.99. The summed E-state index contributed by atoms with van der Waals surface area (Å²) in [6.45, 7) is 4.28. The second-order valence-electron chi connectivity index (χ2n) is 3.84. The Labute approximate surface area is 103 Å². The lowest BCUT2D eigenvalue weighted by atomic mass is 10.3. The van der Waals surface area contributed by atoms with Crippen LogP contribution >= 0.6 is 15.9 Å². The third kappa shape index (κ3) is 2.50. The van der Waals surface area contributed by atoms with Gasteiger partial charge >= 0.3 is 0 Å². The molecule has 1 aliphatic carbocycles. The van der Waals surface area contributed by atoms with Crippen molar-refractivity contribution in [1.82, 2.24) is 9.88 Å². The van der Waals surface area contributed by atoms with Gasteiger partial charge in [-0.15, -0.1) is 6.58 Å². The van der Waals surface area contributed by atoms with Crippen molar-refractivity contribution in [3.8, 4) is 0 Å². The second kappa shape index (κ2) is 4.78. The van der Waals surface area contributed by atoms with Gasteiger partial charge in [0.25, 0.3) is 5.91 Å². The van der Waals surface area contributed by atoms with Crippen LogP contribution in [0.5, 0.6) is 0 Å². The molecular weight excluding hydrogens is 268 g/mol. The van der Waals surface area contributed by atoms with Crippen LogP contribution in [0.4, 0.5) is 0 Å². The molecule has 0 aromatic carbocycles. The predicted octanol–water partition coefficient (Wildman–Crippen LogP) is 2.63. The molecule has 0 N–H and O–H groups in total.